The van der Waals surface area contributed by atoms with Crippen molar-refractivity contribution in [3.8, 4) is 0 Å². The van der Waals surface area contributed by atoms with E-state index in [1.54, 1.807) is 15.2 Å². The van der Waals surface area contributed by atoms with Crippen LogP contribution in [-0.4, -0.2) is 27.0 Å². The number of ketones is 1. The summed E-state index contributed by atoms with van der Waals surface area (Å²) in [5.41, 5.74) is 2.33. The second-order valence-electron chi connectivity index (χ2n) is 4.55. The van der Waals surface area contributed by atoms with Crippen molar-refractivity contribution in [2.24, 2.45) is 0 Å². The van der Waals surface area contributed by atoms with Crippen LogP contribution >= 0.6 is 0 Å². The molecule has 19 heavy (non-hydrogen) atoms. The molecule has 0 spiro atoms. The van der Waals surface area contributed by atoms with Crippen LogP contribution in [0.1, 0.15) is 12.8 Å². The van der Waals surface area contributed by atoms with E-state index in [-0.39, 0.29) is 59.3 Å². The van der Waals surface area contributed by atoms with Crippen LogP contribution in [0.25, 0.3) is 0 Å². The van der Waals surface area contributed by atoms with E-state index >= 15 is 0 Å². The number of aliphatic hydroxyl groups excluding tert-OH is 1. The SMILES string of the molecule is O=C1C=CC=C2[C]([Ti+2][CH2]CCCO)=C3[SiH2]C3=C12.[Cl-].[Cl-]. The van der Waals surface area contributed by atoms with Gasteiger partial charge in [-0.2, -0.15) is 0 Å². The van der Waals surface area contributed by atoms with Gasteiger partial charge in [-0.3, -0.25) is 0 Å². The van der Waals surface area contributed by atoms with Crippen LogP contribution in [0.4, 0.5) is 0 Å². The molecule has 2 nitrogen and oxygen atoms in total. The maximum Gasteiger partial charge on any atom is -1.00 e. The first-order valence-corrected chi connectivity index (χ1v) is 9.37. The Labute approximate surface area is 136 Å². The minimum absolute atomic E-state index is 0. The summed E-state index contributed by atoms with van der Waals surface area (Å²) >= 11 is -0.0890. The minimum atomic E-state index is -0.147. The van der Waals surface area contributed by atoms with E-state index in [0.29, 0.717) is 6.61 Å². The number of rotatable bonds is 5. The Morgan fingerprint density at radius 1 is 1.21 bits per heavy atom. The Kier molecular flexibility index (Phi) is 6.51. The molecule has 3 rings (SSSR count). The molecule has 0 aromatic carbocycles. The van der Waals surface area contributed by atoms with E-state index < -0.39 is 0 Å². The normalized spacial score (nSPS) is 19.4. The van der Waals surface area contributed by atoms with Gasteiger partial charge in [0, 0.05) is 0 Å². The Balaban J connectivity index is 0.000000902. The second kappa shape index (κ2) is 7.21. The number of hydrogen-bond acceptors (Lipinski definition) is 2. The molecule has 0 bridgehead atoms. The van der Waals surface area contributed by atoms with Crippen molar-refractivity contribution >= 4 is 15.3 Å². The maximum atomic E-state index is 11.8. The summed E-state index contributed by atoms with van der Waals surface area (Å²) in [5, 5.41) is 11.9. The van der Waals surface area contributed by atoms with Gasteiger partial charge in [0.2, 0.25) is 0 Å². The molecule has 1 N–H and O–H groups in total. The molecule has 100 valence electrons. The number of unbranched alkanes of at least 4 members (excludes halogenated alkanes) is 1. The molecular weight excluding hydrogens is 335 g/mol. The molecule has 1 saturated heterocycles. The largest absolute Gasteiger partial charge is 1.00 e. The summed E-state index contributed by atoms with van der Waals surface area (Å²) in [6, 6.07) is 0. The minimum Gasteiger partial charge on any atom is -1.00 e. The van der Waals surface area contributed by atoms with Gasteiger partial charge < -0.3 is 24.8 Å². The molecule has 0 amide bonds. The maximum absolute atomic E-state index is 11.8. The molecule has 3 aliphatic rings. The van der Waals surface area contributed by atoms with Gasteiger partial charge in [-0.1, -0.05) is 0 Å². The number of allylic oxidation sites excluding steroid dienone is 8. The van der Waals surface area contributed by atoms with Crippen LogP contribution < -0.4 is 24.8 Å². The van der Waals surface area contributed by atoms with Gasteiger partial charge in [-0.25, -0.2) is 0 Å². The summed E-state index contributed by atoms with van der Waals surface area (Å²) in [6.45, 7) is 0.311. The van der Waals surface area contributed by atoms with Gasteiger partial charge in [0.25, 0.3) is 0 Å². The van der Waals surface area contributed by atoms with Gasteiger partial charge in [0.05, 0.1) is 0 Å². The summed E-state index contributed by atoms with van der Waals surface area (Å²) in [5.74, 6) is 0.233. The Morgan fingerprint density at radius 3 is 2.74 bits per heavy atom. The molecule has 1 heterocycles. The summed E-state index contributed by atoms with van der Waals surface area (Å²) < 4.78 is 2.83. The van der Waals surface area contributed by atoms with E-state index in [9.17, 15) is 4.79 Å². The first kappa shape index (κ1) is 17.2. The average Bonchev–Trinajstić information content (AvgIpc) is 3.03. The van der Waals surface area contributed by atoms with E-state index in [0.717, 1.165) is 18.4 Å². The zero-order chi connectivity index (χ0) is 11.8. The molecule has 0 radical (unpaired) electrons. The van der Waals surface area contributed by atoms with Crippen molar-refractivity contribution in [2.75, 3.05) is 6.61 Å². The molecule has 1 fully saturated rings. The predicted molar refractivity (Wildman–Crippen MR) is 66.0 cm³/mol. The van der Waals surface area contributed by atoms with Gasteiger partial charge in [0.15, 0.2) is 0 Å². The van der Waals surface area contributed by atoms with Gasteiger partial charge in [-0.15, -0.1) is 0 Å². The Hall–Kier alpha value is 0.101. The number of fused-ring (bicyclic) bond motifs is 2. The van der Waals surface area contributed by atoms with Crippen LogP contribution in [0, 0.1) is 0 Å². The van der Waals surface area contributed by atoms with Crippen LogP contribution in [0.3, 0.4) is 0 Å². The molecule has 2 aliphatic carbocycles. The van der Waals surface area contributed by atoms with Crippen molar-refractivity contribution in [2.45, 2.75) is 17.6 Å². The van der Waals surface area contributed by atoms with Crippen molar-refractivity contribution in [1.29, 1.82) is 0 Å². The fraction of sp³-hybridized carbons (Fsp3) is 0.308. The molecule has 0 aromatic rings. The van der Waals surface area contributed by atoms with Crippen molar-refractivity contribution < 1.29 is 53.9 Å². The predicted octanol–water partition coefficient (Wildman–Crippen LogP) is -5.01. The van der Waals surface area contributed by atoms with Crippen molar-refractivity contribution in [3.05, 3.63) is 43.6 Å². The molecule has 0 atom stereocenters. The van der Waals surface area contributed by atoms with Crippen molar-refractivity contribution in [3.63, 3.8) is 0 Å². The summed E-state index contributed by atoms with van der Waals surface area (Å²) in [6.07, 6.45) is 7.78. The fourth-order valence-electron chi connectivity index (χ4n) is 2.48. The van der Waals surface area contributed by atoms with Crippen LogP contribution in [-0.2, 0) is 23.9 Å². The molecular formula is C13H14Cl2O2SiTi. The Bertz CT molecular complexity index is 521. The Morgan fingerprint density at radius 2 is 2.00 bits per heavy atom. The fourth-order valence-corrected chi connectivity index (χ4v) is 7.46. The third-order valence-corrected chi connectivity index (χ3v) is 8.08. The smallest absolute Gasteiger partial charge is 1.00 e. The van der Waals surface area contributed by atoms with Crippen LogP contribution in [0.5, 0.6) is 0 Å². The molecule has 6 heteroatoms. The third-order valence-electron chi connectivity index (χ3n) is 3.38. The van der Waals surface area contributed by atoms with Crippen LogP contribution in [0.2, 0.25) is 4.73 Å². The number of halogens is 2. The first-order valence-electron chi connectivity index (χ1n) is 6.08. The van der Waals surface area contributed by atoms with E-state index in [4.69, 9.17) is 5.11 Å². The molecule has 0 unspecified atom stereocenters. The number of hydrogen-bond donors (Lipinski definition) is 1. The topological polar surface area (TPSA) is 37.3 Å². The van der Waals surface area contributed by atoms with E-state index in [2.05, 4.69) is 6.08 Å². The van der Waals surface area contributed by atoms with Crippen molar-refractivity contribution in [1.82, 2.24) is 0 Å². The summed E-state index contributed by atoms with van der Waals surface area (Å²) in [4.78, 5) is 11.8. The average molecular weight is 349 g/mol. The number of aliphatic hydroxyl groups is 1. The number of carbonyl (C=O) groups is 1. The van der Waals surface area contributed by atoms with Gasteiger partial charge in [-0.05, 0) is 0 Å². The van der Waals surface area contributed by atoms with Gasteiger partial charge in [0.1, 0.15) is 0 Å². The standard InChI is InChI=1S/C9H5OSi.C4H9O.2ClH.Ti/c10-6-3-1-2-5-4-7-9(11-7)8(5)6;1-2-3-4-5;;;/h1-3H,11H2;5H,1-4H2;2*1H;/q;;;;+2/p-2. The second-order valence-corrected chi connectivity index (χ2v) is 8.43. The molecule has 0 aromatic heterocycles. The number of carbonyl (C=O) groups excluding carboxylic acids is 1. The quantitative estimate of drug-likeness (QED) is 0.399. The van der Waals surface area contributed by atoms with Crippen LogP contribution in [0.15, 0.2) is 43.6 Å². The molecule has 0 saturated carbocycles. The van der Waals surface area contributed by atoms with Gasteiger partial charge >= 0.3 is 112 Å². The first-order chi connectivity index (χ1) is 8.33. The van der Waals surface area contributed by atoms with E-state index in [1.807, 2.05) is 6.08 Å². The summed E-state index contributed by atoms with van der Waals surface area (Å²) in [7, 11) is -0.147. The third kappa shape index (κ3) is 3.23. The monoisotopic (exact) mass is 348 g/mol. The zero-order valence-electron chi connectivity index (χ0n) is 10.4. The van der Waals surface area contributed by atoms with E-state index in [1.165, 1.54) is 15.5 Å². The zero-order valence-corrected chi connectivity index (χ0v) is 14.9. The molecule has 1 aliphatic heterocycles.